The first kappa shape index (κ1) is 33.7. The molecule has 0 saturated heterocycles. The second kappa shape index (κ2) is 15.7. The highest BCUT2D eigenvalue weighted by atomic mass is 16.5. The van der Waals surface area contributed by atoms with E-state index >= 15 is 0 Å². The molecule has 236 valence electrons. The zero-order chi connectivity index (χ0) is 30.9. The molecule has 3 saturated carbocycles. The molecule has 43 heavy (non-hydrogen) atoms. The van der Waals surface area contributed by atoms with Crippen LogP contribution in [0.4, 0.5) is 0 Å². The van der Waals surface area contributed by atoms with Gasteiger partial charge in [0.05, 0.1) is 18.3 Å². The summed E-state index contributed by atoms with van der Waals surface area (Å²) in [6, 6.07) is 0. The van der Waals surface area contributed by atoms with Crippen LogP contribution in [-0.4, -0.2) is 53.1 Å². The number of rotatable bonds is 6. The molecular formula is C38H54O5. The van der Waals surface area contributed by atoms with Crippen molar-refractivity contribution >= 4 is 6.29 Å². The summed E-state index contributed by atoms with van der Waals surface area (Å²) in [5.41, 5.74) is 3.42. The summed E-state index contributed by atoms with van der Waals surface area (Å²) in [5.74, 6) is 6.24. The van der Waals surface area contributed by atoms with E-state index in [1.54, 1.807) is 0 Å². The van der Waals surface area contributed by atoms with E-state index in [9.17, 15) is 20.1 Å². The average molecular weight is 591 g/mol. The first-order valence-electron chi connectivity index (χ1n) is 16.7. The van der Waals surface area contributed by atoms with Crippen LogP contribution in [0.1, 0.15) is 104 Å². The lowest BCUT2D eigenvalue weighted by molar-refractivity contribution is -0.168. The van der Waals surface area contributed by atoms with Crippen LogP contribution in [0.5, 0.6) is 0 Å². The number of ether oxygens (including phenoxy) is 1. The number of carbonyl (C=O) groups excluding carboxylic acids is 1. The summed E-state index contributed by atoms with van der Waals surface area (Å²) in [7, 11) is 0. The highest BCUT2D eigenvalue weighted by Gasteiger charge is 2.64. The van der Waals surface area contributed by atoms with Crippen LogP contribution < -0.4 is 0 Å². The Bertz CT molecular complexity index is 1170. The minimum absolute atomic E-state index is 0.0468. The van der Waals surface area contributed by atoms with E-state index in [0.717, 1.165) is 79.9 Å². The number of aliphatic hydroxyl groups excluding tert-OH is 2. The molecule has 0 aromatic carbocycles. The largest absolute Gasteiger partial charge is 0.396 e. The molecule has 0 aromatic heterocycles. The van der Waals surface area contributed by atoms with Gasteiger partial charge in [0.1, 0.15) is 12.9 Å². The Kier molecular flexibility index (Phi) is 12.3. The fraction of sp³-hybridized carbons (Fsp3) is 0.658. The predicted octanol–water partition coefficient (Wildman–Crippen LogP) is 6.94. The van der Waals surface area contributed by atoms with Crippen molar-refractivity contribution in [1.82, 2.24) is 0 Å². The van der Waals surface area contributed by atoms with E-state index in [4.69, 9.17) is 4.74 Å². The number of aliphatic hydroxyl groups is 3. The maximum atomic E-state index is 12.7. The molecule has 1 heterocycles. The average Bonchev–Trinajstić information content (AvgIpc) is 3.33. The topological polar surface area (TPSA) is 87.0 Å². The SMILES string of the molecule is C=C1C=CC=C(C2CCC3(C(CCCO)C(=C(C=O)C4CCCCC4)CCC3(C)O)C2O)COCC#CCC(C)=CCC1. The third-order valence-electron chi connectivity index (χ3n) is 10.9. The number of aldehydes is 1. The summed E-state index contributed by atoms with van der Waals surface area (Å²) in [4.78, 5) is 12.7. The van der Waals surface area contributed by atoms with Crippen molar-refractivity contribution in [3.8, 4) is 11.8 Å². The second-order valence-electron chi connectivity index (χ2n) is 13.6. The lowest BCUT2D eigenvalue weighted by Crippen LogP contribution is -2.59. The fourth-order valence-electron chi connectivity index (χ4n) is 8.53. The molecule has 5 atom stereocenters. The molecule has 3 N–H and O–H groups in total. The minimum Gasteiger partial charge on any atom is -0.396 e. The Hall–Kier alpha value is -2.23. The maximum Gasteiger partial charge on any atom is 0.146 e. The number of carbonyl (C=O) groups is 1. The van der Waals surface area contributed by atoms with Crippen molar-refractivity contribution in [2.24, 2.45) is 23.2 Å². The van der Waals surface area contributed by atoms with E-state index in [1.165, 1.54) is 12.0 Å². The van der Waals surface area contributed by atoms with Gasteiger partial charge in [0.25, 0.3) is 0 Å². The van der Waals surface area contributed by atoms with Crippen LogP contribution in [0.25, 0.3) is 0 Å². The number of hydrogen-bond acceptors (Lipinski definition) is 5. The standard InChI is InChI=1S/C38H54O5/c1-28-12-7-8-25-43-27-31(18-10-15-29(2)14-9-13-28)32-21-23-38(36(32)41)35(19-11-24-39)33(20-22-37(38,3)42)34(26-40)30-16-5-4-6-17-30/h10,13,15,18,26,30,32,35-36,39,41-42H,2,4-6,9,11-12,14,16-17,19-25,27H2,1,3H3. The van der Waals surface area contributed by atoms with Crippen LogP contribution >= 0.6 is 0 Å². The molecule has 0 radical (unpaired) electrons. The van der Waals surface area contributed by atoms with Crippen LogP contribution in [0.15, 0.2) is 58.7 Å². The third kappa shape index (κ3) is 7.71. The number of allylic oxidation sites excluding steroid dienone is 8. The Labute approximate surface area is 259 Å². The van der Waals surface area contributed by atoms with Gasteiger partial charge in [-0.15, -0.1) is 0 Å². The van der Waals surface area contributed by atoms with E-state index in [1.807, 2.05) is 19.1 Å². The molecule has 0 amide bonds. The minimum atomic E-state index is -1.10. The van der Waals surface area contributed by atoms with Crippen LogP contribution in [0, 0.1) is 35.0 Å². The summed E-state index contributed by atoms with van der Waals surface area (Å²) in [5, 5.41) is 34.4. The van der Waals surface area contributed by atoms with Crippen LogP contribution in [0.3, 0.4) is 0 Å². The van der Waals surface area contributed by atoms with Gasteiger partial charge in [0.2, 0.25) is 0 Å². The zero-order valence-corrected chi connectivity index (χ0v) is 26.6. The first-order valence-corrected chi connectivity index (χ1v) is 16.7. The summed E-state index contributed by atoms with van der Waals surface area (Å²) in [6.45, 7) is 8.93. The molecule has 5 unspecified atom stereocenters. The van der Waals surface area contributed by atoms with Crippen molar-refractivity contribution in [3.63, 3.8) is 0 Å². The Morgan fingerprint density at radius 1 is 1.16 bits per heavy atom. The van der Waals surface area contributed by atoms with Gasteiger partial charge in [0.15, 0.2) is 0 Å². The molecule has 1 spiro atoms. The molecule has 3 fully saturated rings. The van der Waals surface area contributed by atoms with Gasteiger partial charge in [-0.2, -0.15) is 0 Å². The van der Waals surface area contributed by atoms with Gasteiger partial charge in [-0.1, -0.05) is 78.7 Å². The molecule has 3 aliphatic carbocycles. The van der Waals surface area contributed by atoms with E-state index < -0.39 is 17.1 Å². The highest BCUT2D eigenvalue weighted by Crippen LogP contribution is 2.63. The van der Waals surface area contributed by atoms with E-state index in [0.29, 0.717) is 45.3 Å². The summed E-state index contributed by atoms with van der Waals surface area (Å²) >= 11 is 0. The van der Waals surface area contributed by atoms with E-state index in [-0.39, 0.29) is 24.4 Å². The predicted molar refractivity (Wildman–Crippen MR) is 173 cm³/mol. The smallest absolute Gasteiger partial charge is 0.146 e. The van der Waals surface area contributed by atoms with Gasteiger partial charge in [-0.3, -0.25) is 4.79 Å². The maximum absolute atomic E-state index is 12.7. The lowest BCUT2D eigenvalue weighted by Gasteiger charge is -2.56. The van der Waals surface area contributed by atoms with Gasteiger partial charge in [-0.25, -0.2) is 0 Å². The Morgan fingerprint density at radius 3 is 2.70 bits per heavy atom. The van der Waals surface area contributed by atoms with Gasteiger partial charge in [-0.05, 0) is 101 Å². The molecule has 4 rings (SSSR count). The van der Waals surface area contributed by atoms with Gasteiger partial charge >= 0.3 is 0 Å². The quantitative estimate of drug-likeness (QED) is 0.135. The van der Waals surface area contributed by atoms with Crippen LogP contribution in [-0.2, 0) is 9.53 Å². The van der Waals surface area contributed by atoms with E-state index in [2.05, 4.69) is 37.5 Å². The summed E-state index contributed by atoms with van der Waals surface area (Å²) < 4.78 is 6.04. The van der Waals surface area contributed by atoms with Crippen molar-refractivity contribution in [3.05, 3.63) is 58.7 Å². The first-order chi connectivity index (χ1) is 20.7. The molecule has 4 aliphatic rings. The molecule has 5 heteroatoms. The number of hydrogen-bond donors (Lipinski definition) is 3. The second-order valence-corrected chi connectivity index (χ2v) is 13.6. The van der Waals surface area contributed by atoms with Gasteiger partial charge < -0.3 is 20.1 Å². The highest BCUT2D eigenvalue weighted by molar-refractivity contribution is 5.76. The van der Waals surface area contributed by atoms with Crippen molar-refractivity contribution in [1.29, 1.82) is 0 Å². The van der Waals surface area contributed by atoms with Crippen molar-refractivity contribution < 1.29 is 24.9 Å². The fourth-order valence-corrected chi connectivity index (χ4v) is 8.53. The van der Waals surface area contributed by atoms with Gasteiger partial charge in [0, 0.05) is 24.4 Å². The van der Waals surface area contributed by atoms with Crippen LogP contribution in [0.2, 0.25) is 0 Å². The molecule has 1 aliphatic heterocycles. The van der Waals surface area contributed by atoms with Crippen molar-refractivity contribution in [2.45, 2.75) is 115 Å². The summed E-state index contributed by atoms with van der Waals surface area (Å²) in [6.07, 6.45) is 20.4. The molecular weight excluding hydrogens is 536 g/mol. The molecule has 5 nitrogen and oxygen atoms in total. The molecule has 0 aromatic rings. The third-order valence-corrected chi connectivity index (χ3v) is 10.9. The normalized spacial score (nSPS) is 34.4. The van der Waals surface area contributed by atoms with Crippen molar-refractivity contribution in [2.75, 3.05) is 19.8 Å². The Balaban J connectivity index is 1.70. The zero-order valence-electron chi connectivity index (χ0n) is 26.6. The Morgan fingerprint density at radius 2 is 1.95 bits per heavy atom. The molecule has 0 bridgehead atoms. The lowest BCUT2D eigenvalue weighted by atomic mass is 9.52. The monoisotopic (exact) mass is 590 g/mol.